The van der Waals surface area contributed by atoms with Crippen molar-refractivity contribution in [3.8, 4) is 17.2 Å². The number of carbonyl (C=O) groups excluding carboxylic acids is 2. The van der Waals surface area contributed by atoms with E-state index < -0.39 is 5.41 Å². The van der Waals surface area contributed by atoms with Gasteiger partial charge in [0, 0.05) is 18.8 Å². The van der Waals surface area contributed by atoms with Crippen molar-refractivity contribution in [3.63, 3.8) is 0 Å². The first-order valence-electron chi connectivity index (χ1n) is 8.92. The second-order valence-corrected chi connectivity index (χ2v) is 7.23. The van der Waals surface area contributed by atoms with Crippen molar-refractivity contribution in [2.45, 2.75) is 13.8 Å². The van der Waals surface area contributed by atoms with Crippen molar-refractivity contribution in [1.82, 2.24) is 0 Å². The van der Waals surface area contributed by atoms with Gasteiger partial charge in [0.25, 0.3) is 5.91 Å². The molecule has 0 bridgehead atoms. The van der Waals surface area contributed by atoms with Crippen molar-refractivity contribution < 1.29 is 23.8 Å². The van der Waals surface area contributed by atoms with Gasteiger partial charge in [0.2, 0.25) is 5.91 Å². The number of hydrogen-bond donors (Lipinski definition) is 1. The highest BCUT2D eigenvalue weighted by Crippen LogP contribution is 2.37. The lowest BCUT2D eigenvalue weighted by Gasteiger charge is -2.24. The zero-order valence-corrected chi connectivity index (χ0v) is 16.4. The van der Waals surface area contributed by atoms with E-state index in [9.17, 15) is 9.59 Å². The molecule has 0 saturated carbocycles. The number of hydrogen-bond acceptors (Lipinski definition) is 5. The van der Waals surface area contributed by atoms with Crippen LogP contribution >= 0.6 is 0 Å². The molecule has 1 heterocycles. The summed E-state index contributed by atoms with van der Waals surface area (Å²) in [6.07, 6.45) is 0. The first-order valence-corrected chi connectivity index (χ1v) is 8.92. The molecule has 2 amide bonds. The molecular formula is C21H24N2O5. The van der Waals surface area contributed by atoms with Crippen LogP contribution in [0.3, 0.4) is 0 Å². The fourth-order valence-electron chi connectivity index (χ4n) is 2.89. The number of fused-ring (bicyclic) bond motifs is 1. The standard InChI is InChI=1S/C21H24N2O5/c1-21(2)13-28-18-11-14(5-10-17(18)23(3)20(21)25)22-19(24)12-27-16-8-6-15(26-4)7-9-16/h5-11H,12-13H2,1-4H3,(H,22,24). The Morgan fingerprint density at radius 2 is 1.86 bits per heavy atom. The van der Waals surface area contributed by atoms with E-state index in [1.165, 1.54) is 0 Å². The first kappa shape index (κ1) is 19.5. The van der Waals surface area contributed by atoms with Crippen LogP contribution in [0.5, 0.6) is 17.2 Å². The van der Waals surface area contributed by atoms with Crippen LogP contribution in [-0.2, 0) is 9.59 Å². The number of methoxy groups -OCH3 is 1. The van der Waals surface area contributed by atoms with E-state index in [-0.39, 0.29) is 25.0 Å². The van der Waals surface area contributed by atoms with Crippen molar-refractivity contribution in [3.05, 3.63) is 42.5 Å². The Balaban J connectivity index is 1.64. The van der Waals surface area contributed by atoms with E-state index in [0.29, 0.717) is 28.6 Å². The van der Waals surface area contributed by atoms with Crippen LogP contribution in [0.15, 0.2) is 42.5 Å². The Bertz CT molecular complexity index is 877. The number of amides is 2. The summed E-state index contributed by atoms with van der Waals surface area (Å²) in [7, 11) is 3.31. The fraction of sp³-hybridized carbons (Fsp3) is 0.333. The predicted molar refractivity (Wildman–Crippen MR) is 106 cm³/mol. The summed E-state index contributed by atoms with van der Waals surface area (Å²) in [6, 6.07) is 12.2. The van der Waals surface area contributed by atoms with Gasteiger partial charge in [-0.1, -0.05) is 0 Å². The molecular weight excluding hydrogens is 360 g/mol. The Kier molecular flexibility index (Phi) is 5.44. The maximum absolute atomic E-state index is 12.5. The molecule has 148 valence electrons. The molecule has 7 nitrogen and oxygen atoms in total. The summed E-state index contributed by atoms with van der Waals surface area (Å²) in [5.74, 6) is 1.53. The van der Waals surface area contributed by atoms with Gasteiger partial charge in [0.05, 0.1) is 18.2 Å². The van der Waals surface area contributed by atoms with Gasteiger partial charge < -0.3 is 24.4 Å². The van der Waals surface area contributed by atoms with E-state index in [1.54, 1.807) is 61.5 Å². The van der Waals surface area contributed by atoms with Gasteiger partial charge in [-0.2, -0.15) is 0 Å². The van der Waals surface area contributed by atoms with E-state index in [2.05, 4.69) is 5.32 Å². The minimum atomic E-state index is -0.622. The number of benzene rings is 2. The Labute approximate surface area is 164 Å². The van der Waals surface area contributed by atoms with Crippen LogP contribution in [0, 0.1) is 5.41 Å². The van der Waals surface area contributed by atoms with Gasteiger partial charge in [-0.05, 0) is 50.2 Å². The second-order valence-electron chi connectivity index (χ2n) is 7.23. The monoisotopic (exact) mass is 384 g/mol. The first-order chi connectivity index (χ1) is 13.3. The van der Waals surface area contributed by atoms with Crippen molar-refractivity contribution in [2.75, 3.05) is 37.6 Å². The summed E-state index contributed by atoms with van der Waals surface area (Å²) in [4.78, 5) is 26.3. The third-order valence-electron chi connectivity index (χ3n) is 4.51. The Morgan fingerprint density at radius 3 is 2.54 bits per heavy atom. The van der Waals surface area contributed by atoms with Crippen LogP contribution in [0.4, 0.5) is 11.4 Å². The van der Waals surface area contributed by atoms with Crippen LogP contribution in [0.1, 0.15) is 13.8 Å². The molecule has 0 unspecified atom stereocenters. The zero-order chi connectivity index (χ0) is 20.3. The molecule has 1 aliphatic heterocycles. The van der Waals surface area contributed by atoms with Crippen molar-refractivity contribution in [2.24, 2.45) is 5.41 Å². The van der Waals surface area contributed by atoms with Gasteiger partial charge in [-0.25, -0.2) is 0 Å². The number of carbonyl (C=O) groups is 2. The van der Waals surface area contributed by atoms with Crippen molar-refractivity contribution in [1.29, 1.82) is 0 Å². The molecule has 1 aliphatic rings. The van der Waals surface area contributed by atoms with Gasteiger partial charge in [0.15, 0.2) is 6.61 Å². The van der Waals surface area contributed by atoms with E-state index >= 15 is 0 Å². The fourth-order valence-corrected chi connectivity index (χ4v) is 2.89. The van der Waals surface area contributed by atoms with E-state index in [4.69, 9.17) is 14.2 Å². The topological polar surface area (TPSA) is 77.1 Å². The summed E-state index contributed by atoms with van der Waals surface area (Å²) < 4.78 is 16.4. The highest BCUT2D eigenvalue weighted by atomic mass is 16.5. The van der Waals surface area contributed by atoms with Crippen LogP contribution in [0.2, 0.25) is 0 Å². The molecule has 0 saturated heterocycles. The Hall–Kier alpha value is -3.22. The average molecular weight is 384 g/mol. The smallest absolute Gasteiger partial charge is 0.262 e. The average Bonchev–Trinajstić information content (AvgIpc) is 2.77. The highest BCUT2D eigenvalue weighted by Gasteiger charge is 2.36. The lowest BCUT2D eigenvalue weighted by atomic mass is 9.93. The summed E-state index contributed by atoms with van der Waals surface area (Å²) in [6.45, 7) is 3.82. The van der Waals surface area contributed by atoms with Crippen LogP contribution in [-0.4, -0.2) is 39.2 Å². The largest absolute Gasteiger partial charge is 0.497 e. The number of nitrogens with zero attached hydrogens (tertiary/aromatic N) is 1. The molecule has 2 aromatic rings. The zero-order valence-electron chi connectivity index (χ0n) is 16.4. The summed E-state index contributed by atoms with van der Waals surface area (Å²) >= 11 is 0. The van der Waals surface area contributed by atoms with Crippen molar-refractivity contribution >= 4 is 23.2 Å². The molecule has 0 radical (unpaired) electrons. The number of anilines is 2. The number of nitrogens with one attached hydrogen (secondary N) is 1. The summed E-state index contributed by atoms with van der Waals surface area (Å²) in [5, 5.41) is 2.78. The van der Waals surface area contributed by atoms with Gasteiger partial charge >= 0.3 is 0 Å². The third kappa shape index (κ3) is 4.19. The maximum Gasteiger partial charge on any atom is 0.262 e. The van der Waals surface area contributed by atoms with E-state index in [1.807, 2.05) is 13.8 Å². The minimum absolute atomic E-state index is 0.0177. The molecule has 2 aromatic carbocycles. The molecule has 0 aliphatic carbocycles. The number of ether oxygens (including phenoxy) is 3. The van der Waals surface area contributed by atoms with Crippen LogP contribution < -0.4 is 24.4 Å². The molecule has 0 aromatic heterocycles. The molecule has 28 heavy (non-hydrogen) atoms. The lowest BCUT2D eigenvalue weighted by Crippen LogP contribution is -2.39. The maximum atomic E-state index is 12.5. The highest BCUT2D eigenvalue weighted by molar-refractivity contribution is 5.99. The van der Waals surface area contributed by atoms with Gasteiger partial charge in [-0.15, -0.1) is 0 Å². The second kappa shape index (κ2) is 7.80. The molecule has 0 atom stereocenters. The van der Waals surface area contributed by atoms with Gasteiger partial charge in [0.1, 0.15) is 23.9 Å². The molecule has 7 heteroatoms. The normalized spacial score (nSPS) is 15.1. The van der Waals surface area contributed by atoms with E-state index in [0.717, 1.165) is 0 Å². The van der Waals surface area contributed by atoms with Gasteiger partial charge in [-0.3, -0.25) is 9.59 Å². The molecule has 0 spiro atoms. The van der Waals surface area contributed by atoms with Crippen LogP contribution in [0.25, 0.3) is 0 Å². The Morgan fingerprint density at radius 1 is 1.18 bits per heavy atom. The minimum Gasteiger partial charge on any atom is -0.497 e. The lowest BCUT2D eigenvalue weighted by molar-refractivity contribution is -0.127. The molecule has 0 fully saturated rings. The summed E-state index contributed by atoms with van der Waals surface area (Å²) in [5.41, 5.74) is 0.620. The SMILES string of the molecule is COc1ccc(OCC(=O)Nc2ccc3c(c2)OCC(C)(C)C(=O)N3C)cc1. The quantitative estimate of drug-likeness (QED) is 0.857. The third-order valence-corrected chi connectivity index (χ3v) is 4.51. The molecule has 1 N–H and O–H groups in total. The number of rotatable bonds is 5. The molecule has 3 rings (SSSR count). The predicted octanol–water partition coefficient (Wildman–Crippen LogP) is 3.09.